The molecular formula is C17H16N2O2. The number of ketones is 1. The Balaban J connectivity index is 2.17. The first-order chi connectivity index (χ1) is 10.1. The van der Waals surface area contributed by atoms with Gasteiger partial charge in [-0.15, -0.1) is 0 Å². The molecule has 1 aromatic rings. The summed E-state index contributed by atoms with van der Waals surface area (Å²) in [6.07, 6.45) is 1.17. The van der Waals surface area contributed by atoms with Crippen molar-refractivity contribution in [2.75, 3.05) is 0 Å². The van der Waals surface area contributed by atoms with Crippen LogP contribution in [0.15, 0.2) is 53.1 Å². The highest BCUT2D eigenvalue weighted by Crippen LogP contribution is 2.44. The predicted octanol–water partition coefficient (Wildman–Crippen LogP) is 2.75. The standard InChI is InChI=1S/C17H16N2O2/c1-10-7-13(20)16-14(8-10)21-17(19)12(9-18)15(16)11-5-3-2-4-6-11/h2-6,10,15H,7-8,19H2,1H3. The number of benzene rings is 1. The summed E-state index contributed by atoms with van der Waals surface area (Å²) < 4.78 is 5.58. The molecule has 0 spiro atoms. The molecule has 2 unspecified atom stereocenters. The number of nitriles is 1. The van der Waals surface area contributed by atoms with Crippen LogP contribution in [0.1, 0.15) is 31.2 Å². The monoisotopic (exact) mass is 280 g/mol. The summed E-state index contributed by atoms with van der Waals surface area (Å²) in [5, 5.41) is 9.42. The van der Waals surface area contributed by atoms with Gasteiger partial charge in [0.1, 0.15) is 17.4 Å². The molecule has 0 aromatic heterocycles. The SMILES string of the molecule is CC1CC(=O)C2=C(C1)OC(N)=C(C#N)C2c1ccccc1. The second-order valence-corrected chi connectivity index (χ2v) is 5.61. The minimum atomic E-state index is -0.403. The van der Waals surface area contributed by atoms with Gasteiger partial charge in [0.05, 0.1) is 5.92 Å². The van der Waals surface area contributed by atoms with Gasteiger partial charge in [-0.05, 0) is 11.5 Å². The van der Waals surface area contributed by atoms with Crippen molar-refractivity contribution in [1.29, 1.82) is 5.26 Å². The predicted molar refractivity (Wildman–Crippen MR) is 77.5 cm³/mol. The van der Waals surface area contributed by atoms with Gasteiger partial charge in [-0.2, -0.15) is 5.26 Å². The van der Waals surface area contributed by atoms with Crippen molar-refractivity contribution in [3.8, 4) is 6.07 Å². The number of nitrogens with zero attached hydrogens (tertiary/aromatic N) is 1. The van der Waals surface area contributed by atoms with E-state index in [9.17, 15) is 10.1 Å². The molecule has 3 rings (SSSR count). The minimum Gasteiger partial charge on any atom is -0.444 e. The average Bonchev–Trinajstić information content (AvgIpc) is 2.46. The fourth-order valence-corrected chi connectivity index (χ4v) is 3.07. The first-order valence-corrected chi connectivity index (χ1v) is 7.00. The number of hydrogen-bond donors (Lipinski definition) is 1. The number of carbonyl (C=O) groups excluding carboxylic acids is 1. The molecule has 0 amide bonds. The summed E-state index contributed by atoms with van der Waals surface area (Å²) in [5.74, 6) is 0.637. The van der Waals surface area contributed by atoms with Crippen molar-refractivity contribution in [3.63, 3.8) is 0 Å². The zero-order chi connectivity index (χ0) is 15.0. The molecule has 0 radical (unpaired) electrons. The van der Waals surface area contributed by atoms with Gasteiger partial charge in [0.2, 0.25) is 5.88 Å². The number of hydrogen-bond acceptors (Lipinski definition) is 4. The third kappa shape index (κ3) is 2.21. The molecule has 0 saturated heterocycles. The van der Waals surface area contributed by atoms with Gasteiger partial charge in [-0.1, -0.05) is 37.3 Å². The van der Waals surface area contributed by atoms with E-state index in [4.69, 9.17) is 10.5 Å². The quantitative estimate of drug-likeness (QED) is 0.858. The van der Waals surface area contributed by atoms with Gasteiger partial charge in [0, 0.05) is 18.4 Å². The molecule has 21 heavy (non-hydrogen) atoms. The smallest absolute Gasteiger partial charge is 0.205 e. The summed E-state index contributed by atoms with van der Waals surface area (Å²) in [7, 11) is 0. The maximum Gasteiger partial charge on any atom is 0.205 e. The normalized spacial score (nSPS) is 25.2. The molecule has 1 heterocycles. The highest BCUT2D eigenvalue weighted by molar-refractivity contribution is 5.99. The largest absolute Gasteiger partial charge is 0.444 e. The van der Waals surface area contributed by atoms with Crippen molar-refractivity contribution in [1.82, 2.24) is 0 Å². The van der Waals surface area contributed by atoms with Crippen LogP contribution in [-0.2, 0) is 9.53 Å². The molecule has 0 fully saturated rings. The van der Waals surface area contributed by atoms with Gasteiger partial charge >= 0.3 is 0 Å². The van der Waals surface area contributed by atoms with Crippen molar-refractivity contribution in [3.05, 3.63) is 58.7 Å². The van der Waals surface area contributed by atoms with Crippen LogP contribution in [0.25, 0.3) is 0 Å². The second-order valence-electron chi connectivity index (χ2n) is 5.61. The Hall–Kier alpha value is -2.54. The van der Waals surface area contributed by atoms with E-state index in [2.05, 4.69) is 6.07 Å². The van der Waals surface area contributed by atoms with Crippen molar-refractivity contribution in [2.24, 2.45) is 11.7 Å². The molecule has 1 aromatic carbocycles. The van der Waals surface area contributed by atoms with E-state index < -0.39 is 5.92 Å². The second kappa shape index (κ2) is 5.10. The highest BCUT2D eigenvalue weighted by Gasteiger charge is 2.39. The molecular weight excluding hydrogens is 264 g/mol. The first-order valence-electron chi connectivity index (χ1n) is 7.00. The molecule has 106 valence electrons. The van der Waals surface area contributed by atoms with Crippen LogP contribution in [0.5, 0.6) is 0 Å². The van der Waals surface area contributed by atoms with Crippen LogP contribution in [0.3, 0.4) is 0 Å². The molecule has 0 saturated carbocycles. The lowest BCUT2D eigenvalue weighted by Crippen LogP contribution is -2.29. The Morgan fingerprint density at radius 1 is 1.29 bits per heavy atom. The average molecular weight is 280 g/mol. The van der Waals surface area contributed by atoms with Gasteiger partial charge in [-0.3, -0.25) is 4.79 Å². The Kier molecular flexibility index (Phi) is 3.26. The Bertz CT molecular complexity index is 695. The Morgan fingerprint density at radius 2 is 2.00 bits per heavy atom. The number of nitrogens with two attached hydrogens (primary N) is 1. The zero-order valence-corrected chi connectivity index (χ0v) is 11.8. The van der Waals surface area contributed by atoms with Crippen LogP contribution >= 0.6 is 0 Å². The summed E-state index contributed by atoms with van der Waals surface area (Å²) in [4.78, 5) is 12.5. The summed E-state index contributed by atoms with van der Waals surface area (Å²) in [5.41, 5.74) is 7.73. The highest BCUT2D eigenvalue weighted by atomic mass is 16.5. The number of rotatable bonds is 1. The van der Waals surface area contributed by atoms with Gasteiger partial charge in [-0.25, -0.2) is 0 Å². The number of allylic oxidation sites excluding steroid dienone is 3. The van der Waals surface area contributed by atoms with Crippen molar-refractivity contribution in [2.45, 2.75) is 25.7 Å². The van der Waals surface area contributed by atoms with Crippen LogP contribution < -0.4 is 5.73 Å². The molecule has 1 aliphatic carbocycles. The van der Waals surface area contributed by atoms with E-state index in [1.165, 1.54) is 0 Å². The lowest BCUT2D eigenvalue weighted by atomic mass is 9.75. The van der Waals surface area contributed by atoms with E-state index in [1.54, 1.807) is 0 Å². The maximum absolute atomic E-state index is 12.5. The maximum atomic E-state index is 12.5. The molecule has 0 bridgehead atoms. The summed E-state index contributed by atoms with van der Waals surface area (Å²) in [6.45, 7) is 2.02. The molecule has 4 nitrogen and oxygen atoms in total. The van der Waals surface area contributed by atoms with Crippen LogP contribution in [0, 0.1) is 17.2 Å². The Morgan fingerprint density at radius 3 is 2.67 bits per heavy atom. The lowest BCUT2D eigenvalue weighted by molar-refractivity contribution is -0.117. The van der Waals surface area contributed by atoms with Gasteiger partial charge < -0.3 is 10.5 Å². The van der Waals surface area contributed by atoms with Gasteiger partial charge in [0.25, 0.3) is 0 Å². The zero-order valence-electron chi connectivity index (χ0n) is 11.8. The van der Waals surface area contributed by atoms with Crippen LogP contribution in [0.4, 0.5) is 0 Å². The fraction of sp³-hybridized carbons (Fsp3) is 0.294. The fourth-order valence-electron chi connectivity index (χ4n) is 3.07. The van der Waals surface area contributed by atoms with E-state index in [0.717, 1.165) is 5.56 Å². The van der Waals surface area contributed by atoms with Crippen LogP contribution in [-0.4, -0.2) is 5.78 Å². The minimum absolute atomic E-state index is 0.0536. The first kappa shape index (κ1) is 13.4. The number of carbonyl (C=O) groups is 1. The summed E-state index contributed by atoms with van der Waals surface area (Å²) >= 11 is 0. The summed E-state index contributed by atoms with van der Waals surface area (Å²) in [6, 6.07) is 11.6. The molecule has 2 atom stereocenters. The molecule has 2 N–H and O–H groups in total. The molecule has 1 aliphatic heterocycles. The molecule has 2 aliphatic rings. The van der Waals surface area contributed by atoms with Crippen LogP contribution in [0.2, 0.25) is 0 Å². The van der Waals surface area contributed by atoms with E-state index in [1.807, 2.05) is 37.3 Å². The number of Topliss-reactive ketones (excluding diaryl/α,β-unsaturated/α-hetero) is 1. The van der Waals surface area contributed by atoms with Crippen molar-refractivity contribution < 1.29 is 9.53 Å². The van der Waals surface area contributed by atoms with E-state index in [-0.39, 0.29) is 17.6 Å². The molecule has 4 heteroatoms. The third-order valence-electron chi connectivity index (χ3n) is 4.00. The van der Waals surface area contributed by atoms with Crippen molar-refractivity contribution >= 4 is 5.78 Å². The number of ether oxygens (including phenoxy) is 1. The van der Waals surface area contributed by atoms with Gasteiger partial charge in [0.15, 0.2) is 5.78 Å². The topological polar surface area (TPSA) is 76.1 Å². The Labute approximate surface area is 123 Å². The van der Waals surface area contributed by atoms with E-state index in [0.29, 0.717) is 29.7 Å². The lowest BCUT2D eigenvalue weighted by Gasteiger charge is -2.32. The van der Waals surface area contributed by atoms with E-state index >= 15 is 0 Å². The third-order valence-corrected chi connectivity index (χ3v) is 4.00.